The van der Waals surface area contributed by atoms with E-state index in [2.05, 4.69) is 37.8 Å². The normalized spacial score (nSPS) is 11.2. The van der Waals surface area contributed by atoms with Crippen LogP contribution in [0.1, 0.15) is 27.3 Å². The van der Waals surface area contributed by atoms with Crippen molar-refractivity contribution in [3.63, 3.8) is 0 Å². The number of amides is 1. The lowest BCUT2D eigenvalue weighted by Gasteiger charge is -2.06. The number of para-hydroxylation sites is 1. The quantitative estimate of drug-likeness (QED) is 0.217. The van der Waals surface area contributed by atoms with E-state index in [0.29, 0.717) is 18.0 Å². The van der Waals surface area contributed by atoms with Crippen molar-refractivity contribution in [1.29, 1.82) is 0 Å². The maximum Gasteiger partial charge on any atom is 0.289 e. The van der Waals surface area contributed by atoms with E-state index >= 15 is 0 Å². The van der Waals surface area contributed by atoms with Crippen molar-refractivity contribution in [1.82, 2.24) is 20.6 Å². The standard InChI is InChI=1S/C28H25N5O2/c1-19-24(23-9-5-6-10-25(23)30-19)18-29-33-28(34)27-17-26(31-32-27)21-11-13-22(14-12-21)35-16-15-20-7-3-2-4-8-20/h2-14,17-18,30H,15-16H2,1H3,(H,31,32)(H,33,34). The first kappa shape index (κ1) is 22.2. The number of H-pyrrole nitrogens is 2. The summed E-state index contributed by atoms with van der Waals surface area (Å²) in [6.07, 6.45) is 2.50. The highest BCUT2D eigenvalue weighted by atomic mass is 16.5. The zero-order valence-corrected chi connectivity index (χ0v) is 19.3. The largest absolute Gasteiger partial charge is 0.493 e. The zero-order valence-electron chi connectivity index (χ0n) is 19.3. The Bertz CT molecular complexity index is 1470. The first-order chi connectivity index (χ1) is 17.2. The Hall–Kier alpha value is -4.65. The van der Waals surface area contributed by atoms with Crippen LogP contribution in [-0.4, -0.2) is 33.9 Å². The molecule has 3 aromatic carbocycles. The third kappa shape index (κ3) is 5.14. The average Bonchev–Trinajstić information content (AvgIpc) is 3.50. The highest BCUT2D eigenvalue weighted by Gasteiger charge is 2.11. The van der Waals surface area contributed by atoms with Crippen LogP contribution in [0.5, 0.6) is 5.75 Å². The number of rotatable bonds is 8. The molecule has 0 bridgehead atoms. The van der Waals surface area contributed by atoms with Gasteiger partial charge in [-0.15, -0.1) is 0 Å². The summed E-state index contributed by atoms with van der Waals surface area (Å²) in [5, 5.41) is 12.2. The molecule has 2 aromatic heterocycles. The van der Waals surface area contributed by atoms with Crippen LogP contribution in [-0.2, 0) is 6.42 Å². The monoisotopic (exact) mass is 463 g/mol. The molecule has 0 aliphatic rings. The molecule has 0 radical (unpaired) electrons. The van der Waals surface area contributed by atoms with Gasteiger partial charge in [-0.1, -0.05) is 48.5 Å². The number of carbonyl (C=O) groups is 1. The van der Waals surface area contributed by atoms with Crippen molar-refractivity contribution in [2.24, 2.45) is 5.10 Å². The highest BCUT2D eigenvalue weighted by molar-refractivity contribution is 6.01. The minimum absolute atomic E-state index is 0.330. The summed E-state index contributed by atoms with van der Waals surface area (Å²) in [7, 11) is 0. The van der Waals surface area contributed by atoms with Crippen LogP contribution in [0.4, 0.5) is 0 Å². The van der Waals surface area contributed by atoms with Crippen molar-refractivity contribution < 1.29 is 9.53 Å². The van der Waals surface area contributed by atoms with Gasteiger partial charge in [0.15, 0.2) is 0 Å². The number of nitrogens with zero attached hydrogens (tertiary/aromatic N) is 2. The van der Waals surface area contributed by atoms with E-state index < -0.39 is 0 Å². The Morgan fingerprint density at radius 3 is 2.63 bits per heavy atom. The second-order valence-corrected chi connectivity index (χ2v) is 8.18. The van der Waals surface area contributed by atoms with Gasteiger partial charge in [-0.3, -0.25) is 9.89 Å². The number of benzene rings is 3. The van der Waals surface area contributed by atoms with Gasteiger partial charge in [0.1, 0.15) is 11.4 Å². The number of hydrogen-bond donors (Lipinski definition) is 3. The Kier molecular flexibility index (Phi) is 6.39. The number of carbonyl (C=O) groups excluding carboxylic acids is 1. The molecule has 0 aliphatic carbocycles. The molecule has 2 heterocycles. The lowest BCUT2D eigenvalue weighted by atomic mass is 10.1. The fourth-order valence-corrected chi connectivity index (χ4v) is 3.92. The molecule has 7 nitrogen and oxygen atoms in total. The summed E-state index contributed by atoms with van der Waals surface area (Å²) in [6, 6.07) is 27.6. The fraction of sp³-hybridized carbons (Fsp3) is 0.107. The summed E-state index contributed by atoms with van der Waals surface area (Å²) in [4.78, 5) is 15.8. The van der Waals surface area contributed by atoms with Crippen LogP contribution in [0.15, 0.2) is 90.0 Å². The maximum absolute atomic E-state index is 12.5. The number of aryl methyl sites for hydroxylation is 1. The predicted molar refractivity (Wildman–Crippen MR) is 138 cm³/mol. The lowest BCUT2D eigenvalue weighted by molar-refractivity contribution is 0.0950. The number of nitrogens with one attached hydrogen (secondary N) is 3. The first-order valence-corrected chi connectivity index (χ1v) is 11.4. The summed E-state index contributed by atoms with van der Waals surface area (Å²) in [6.45, 7) is 2.58. The van der Waals surface area contributed by atoms with Gasteiger partial charge in [-0.25, -0.2) is 5.43 Å². The molecule has 0 unspecified atom stereocenters. The van der Waals surface area contributed by atoms with Crippen LogP contribution < -0.4 is 10.2 Å². The molecule has 174 valence electrons. The molecule has 0 atom stereocenters. The number of aromatic nitrogens is 3. The third-order valence-electron chi connectivity index (χ3n) is 5.78. The summed E-state index contributed by atoms with van der Waals surface area (Å²) in [5.41, 5.74) is 8.65. The molecule has 0 saturated heterocycles. The van der Waals surface area contributed by atoms with E-state index in [-0.39, 0.29) is 5.91 Å². The van der Waals surface area contributed by atoms with Crippen LogP contribution >= 0.6 is 0 Å². The molecule has 1 amide bonds. The van der Waals surface area contributed by atoms with Gasteiger partial charge in [0.2, 0.25) is 0 Å². The lowest BCUT2D eigenvalue weighted by Crippen LogP contribution is -2.18. The second kappa shape index (κ2) is 10.1. The smallest absolute Gasteiger partial charge is 0.289 e. The molecule has 0 spiro atoms. The summed E-state index contributed by atoms with van der Waals surface area (Å²) >= 11 is 0. The van der Waals surface area contributed by atoms with Crippen LogP contribution in [0.25, 0.3) is 22.2 Å². The van der Waals surface area contributed by atoms with Crippen molar-refractivity contribution in [3.8, 4) is 17.0 Å². The topological polar surface area (TPSA) is 95.2 Å². The van der Waals surface area contributed by atoms with E-state index in [1.165, 1.54) is 5.56 Å². The van der Waals surface area contributed by atoms with E-state index in [9.17, 15) is 4.79 Å². The van der Waals surface area contributed by atoms with Gasteiger partial charge in [0.25, 0.3) is 5.91 Å². The predicted octanol–water partition coefficient (Wildman–Crippen LogP) is 5.25. The first-order valence-electron chi connectivity index (χ1n) is 11.4. The Labute approximate surface area is 202 Å². The van der Waals surface area contributed by atoms with Gasteiger partial charge < -0.3 is 9.72 Å². The molecule has 3 N–H and O–H groups in total. The van der Waals surface area contributed by atoms with Gasteiger partial charge in [-0.2, -0.15) is 10.2 Å². The molecule has 0 saturated carbocycles. The average molecular weight is 464 g/mol. The third-order valence-corrected chi connectivity index (χ3v) is 5.78. The van der Waals surface area contributed by atoms with Crippen molar-refractivity contribution in [3.05, 3.63) is 107 Å². The second-order valence-electron chi connectivity index (χ2n) is 8.18. The molecule has 0 aliphatic heterocycles. The molecule has 0 fully saturated rings. The molecular weight excluding hydrogens is 438 g/mol. The van der Waals surface area contributed by atoms with E-state index in [1.807, 2.05) is 73.7 Å². The molecular formula is C28H25N5O2. The van der Waals surface area contributed by atoms with E-state index in [4.69, 9.17) is 4.74 Å². The zero-order chi connectivity index (χ0) is 24.0. The Morgan fingerprint density at radius 1 is 1.03 bits per heavy atom. The van der Waals surface area contributed by atoms with Gasteiger partial charge in [0.05, 0.1) is 18.5 Å². The number of ether oxygens (including phenoxy) is 1. The molecule has 7 heteroatoms. The summed E-state index contributed by atoms with van der Waals surface area (Å²) < 4.78 is 5.84. The van der Waals surface area contributed by atoms with E-state index in [0.717, 1.165) is 39.9 Å². The van der Waals surface area contributed by atoms with Crippen LogP contribution in [0.2, 0.25) is 0 Å². The number of aromatic amines is 2. The Balaban J connectivity index is 1.18. The maximum atomic E-state index is 12.5. The number of hydrazone groups is 1. The van der Waals surface area contributed by atoms with Crippen LogP contribution in [0.3, 0.4) is 0 Å². The van der Waals surface area contributed by atoms with Crippen molar-refractivity contribution in [2.75, 3.05) is 6.61 Å². The highest BCUT2D eigenvalue weighted by Crippen LogP contribution is 2.22. The Morgan fingerprint density at radius 2 is 1.80 bits per heavy atom. The molecule has 35 heavy (non-hydrogen) atoms. The summed E-state index contributed by atoms with van der Waals surface area (Å²) in [5.74, 6) is 0.429. The minimum Gasteiger partial charge on any atom is -0.493 e. The van der Waals surface area contributed by atoms with Gasteiger partial charge in [0, 0.05) is 34.1 Å². The molecule has 5 aromatic rings. The fourth-order valence-electron chi connectivity index (χ4n) is 3.92. The van der Waals surface area contributed by atoms with Gasteiger partial charge in [-0.05, 0) is 48.9 Å². The van der Waals surface area contributed by atoms with Crippen molar-refractivity contribution in [2.45, 2.75) is 13.3 Å². The van der Waals surface area contributed by atoms with Crippen molar-refractivity contribution >= 4 is 23.0 Å². The van der Waals surface area contributed by atoms with E-state index in [1.54, 1.807) is 12.3 Å². The number of hydrogen-bond acceptors (Lipinski definition) is 4. The van der Waals surface area contributed by atoms with Gasteiger partial charge >= 0.3 is 0 Å². The van der Waals surface area contributed by atoms with Crippen LogP contribution in [0, 0.1) is 6.92 Å². The molecule has 5 rings (SSSR count). The number of fused-ring (bicyclic) bond motifs is 1. The SMILES string of the molecule is Cc1[nH]c2ccccc2c1C=NNC(=O)c1cc(-c2ccc(OCCc3ccccc3)cc2)n[nH]1. The minimum atomic E-state index is -0.363.